The number of hydrogen-bond acceptors (Lipinski definition) is 5. The van der Waals surface area contributed by atoms with Crippen LogP contribution in [-0.4, -0.2) is 24.5 Å². The van der Waals surface area contributed by atoms with Crippen molar-refractivity contribution in [1.29, 1.82) is 0 Å². The van der Waals surface area contributed by atoms with Gasteiger partial charge >= 0.3 is 0 Å². The molecule has 0 fully saturated rings. The number of methoxy groups -OCH3 is 1. The molecule has 0 bridgehead atoms. The Kier molecular flexibility index (Phi) is 8.87. The number of aryl methyl sites for hydroxylation is 1. The van der Waals surface area contributed by atoms with Gasteiger partial charge in [0.2, 0.25) is 5.91 Å². The van der Waals surface area contributed by atoms with Crippen LogP contribution in [0.3, 0.4) is 0 Å². The number of carbonyl (C=O) groups is 1. The Balaban J connectivity index is 2.02. The van der Waals surface area contributed by atoms with Gasteiger partial charge in [-0.15, -0.1) is 0 Å². The van der Waals surface area contributed by atoms with E-state index in [0.717, 1.165) is 24.0 Å². The number of unbranched alkanes of at least 4 members (excludes halogenated alkanes) is 3. The molecular formula is C23H28N2O5. The van der Waals surface area contributed by atoms with Crippen LogP contribution in [-0.2, 0) is 4.79 Å². The molecule has 30 heavy (non-hydrogen) atoms. The number of amides is 1. The summed E-state index contributed by atoms with van der Waals surface area (Å²) in [5, 5.41) is 13.7. The lowest BCUT2D eigenvalue weighted by atomic mass is 10.1. The van der Waals surface area contributed by atoms with E-state index in [1.165, 1.54) is 31.1 Å². The quantitative estimate of drug-likeness (QED) is 0.227. The van der Waals surface area contributed by atoms with Crippen molar-refractivity contribution in [2.75, 3.05) is 19.0 Å². The Bertz CT molecular complexity index is 908. The van der Waals surface area contributed by atoms with Crippen molar-refractivity contribution in [3.05, 3.63) is 63.7 Å². The summed E-state index contributed by atoms with van der Waals surface area (Å²) in [6, 6.07) is 10.1. The number of anilines is 1. The van der Waals surface area contributed by atoms with E-state index >= 15 is 0 Å². The molecule has 160 valence electrons. The van der Waals surface area contributed by atoms with Crippen molar-refractivity contribution >= 4 is 23.4 Å². The fourth-order valence-corrected chi connectivity index (χ4v) is 2.86. The van der Waals surface area contributed by atoms with E-state index < -0.39 is 10.8 Å². The maximum absolute atomic E-state index is 12.2. The summed E-state index contributed by atoms with van der Waals surface area (Å²) in [7, 11) is 1.57. The van der Waals surface area contributed by atoms with Gasteiger partial charge in [0.1, 0.15) is 5.69 Å². The topological polar surface area (TPSA) is 90.7 Å². The van der Waals surface area contributed by atoms with Gasteiger partial charge in [0.25, 0.3) is 5.69 Å². The first-order valence-electron chi connectivity index (χ1n) is 9.99. The zero-order valence-electron chi connectivity index (χ0n) is 17.6. The summed E-state index contributed by atoms with van der Waals surface area (Å²) >= 11 is 0. The van der Waals surface area contributed by atoms with Crippen LogP contribution in [0.25, 0.3) is 6.08 Å². The van der Waals surface area contributed by atoms with E-state index in [0.29, 0.717) is 18.1 Å². The molecule has 0 saturated heterocycles. The Hall–Kier alpha value is -3.35. The third-order valence-electron chi connectivity index (χ3n) is 4.48. The van der Waals surface area contributed by atoms with E-state index in [1.54, 1.807) is 38.3 Å². The molecule has 2 rings (SSSR count). The lowest BCUT2D eigenvalue weighted by Gasteiger charge is -2.11. The molecule has 0 aliphatic carbocycles. The van der Waals surface area contributed by atoms with Crippen molar-refractivity contribution in [2.24, 2.45) is 0 Å². The lowest BCUT2D eigenvalue weighted by Crippen LogP contribution is -2.09. The highest BCUT2D eigenvalue weighted by Gasteiger charge is 2.15. The molecule has 1 amide bonds. The molecule has 2 aromatic carbocycles. The smallest absolute Gasteiger partial charge is 0.293 e. The molecule has 0 saturated carbocycles. The molecular weight excluding hydrogens is 384 g/mol. The van der Waals surface area contributed by atoms with E-state index in [-0.39, 0.29) is 11.4 Å². The van der Waals surface area contributed by atoms with Gasteiger partial charge in [-0.2, -0.15) is 0 Å². The van der Waals surface area contributed by atoms with Crippen LogP contribution in [0.2, 0.25) is 0 Å². The molecule has 0 spiro atoms. The third kappa shape index (κ3) is 6.92. The number of nitro groups is 1. The van der Waals surface area contributed by atoms with Gasteiger partial charge in [-0.1, -0.05) is 38.3 Å². The second-order valence-electron chi connectivity index (χ2n) is 6.92. The molecule has 0 aliphatic heterocycles. The molecule has 0 heterocycles. The van der Waals surface area contributed by atoms with Crippen LogP contribution in [0.5, 0.6) is 11.5 Å². The number of nitrogens with zero attached hydrogens (tertiary/aromatic N) is 1. The van der Waals surface area contributed by atoms with E-state index in [4.69, 9.17) is 9.47 Å². The van der Waals surface area contributed by atoms with Crippen LogP contribution >= 0.6 is 0 Å². The minimum Gasteiger partial charge on any atom is -0.493 e. The first-order chi connectivity index (χ1) is 14.4. The van der Waals surface area contributed by atoms with E-state index in [9.17, 15) is 14.9 Å². The first kappa shape index (κ1) is 22.9. The molecule has 0 aromatic heterocycles. The fraction of sp³-hybridized carbons (Fsp3) is 0.348. The van der Waals surface area contributed by atoms with Gasteiger partial charge < -0.3 is 14.8 Å². The zero-order valence-corrected chi connectivity index (χ0v) is 17.6. The van der Waals surface area contributed by atoms with Crippen LogP contribution in [0.1, 0.15) is 43.7 Å². The monoisotopic (exact) mass is 412 g/mol. The summed E-state index contributed by atoms with van der Waals surface area (Å²) in [6.07, 6.45) is 7.43. The highest BCUT2D eigenvalue weighted by atomic mass is 16.6. The lowest BCUT2D eigenvalue weighted by molar-refractivity contribution is -0.384. The summed E-state index contributed by atoms with van der Waals surface area (Å²) in [5.74, 6) is 0.783. The van der Waals surface area contributed by atoms with Gasteiger partial charge in [0.15, 0.2) is 11.5 Å². The number of nitrogens with one attached hydrogen (secondary N) is 1. The minimum atomic E-state index is -0.516. The van der Waals surface area contributed by atoms with Gasteiger partial charge in [-0.3, -0.25) is 14.9 Å². The normalized spacial score (nSPS) is 10.8. The molecule has 2 aromatic rings. The summed E-state index contributed by atoms with van der Waals surface area (Å²) in [5.41, 5.74) is 1.51. The Morgan fingerprint density at radius 2 is 1.93 bits per heavy atom. The number of rotatable bonds is 11. The predicted octanol–water partition coefficient (Wildman–Crippen LogP) is 5.52. The largest absolute Gasteiger partial charge is 0.493 e. The van der Waals surface area contributed by atoms with Crippen molar-refractivity contribution < 1.29 is 19.2 Å². The zero-order chi connectivity index (χ0) is 21.9. The van der Waals surface area contributed by atoms with Crippen LogP contribution < -0.4 is 14.8 Å². The molecule has 0 aliphatic rings. The summed E-state index contributed by atoms with van der Waals surface area (Å²) in [6.45, 7) is 4.55. The standard InChI is InChI=1S/C23H28N2O5/c1-4-5-6-7-14-30-21-12-9-18(16-22(21)29-3)10-13-23(26)24-19-11-8-17(2)15-20(19)25(27)28/h8-13,15-16H,4-7,14H2,1-3H3,(H,24,26)/b13-10+. The highest BCUT2D eigenvalue weighted by molar-refractivity contribution is 6.03. The van der Waals surface area contributed by atoms with Crippen molar-refractivity contribution in [1.82, 2.24) is 0 Å². The average Bonchev–Trinajstić information content (AvgIpc) is 2.73. The van der Waals surface area contributed by atoms with Crippen LogP contribution in [0.15, 0.2) is 42.5 Å². The Morgan fingerprint density at radius 1 is 1.13 bits per heavy atom. The summed E-state index contributed by atoms with van der Waals surface area (Å²) in [4.78, 5) is 22.9. The van der Waals surface area contributed by atoms with Gasteiger partial charge in [-0.05, 0) is 48.7 Å². The average molecular weight is 412 g/mol. The first-order valence-corrected chi connectivity index (χ1v) is 9.99. The van der Waals surface area contributed by atoms with Crippen molar-refractivity contribution in [2.45, 2.75) is 39.5 Å². The fourth-order valence-electron chi connectivity index (χ4n) is 2.86. The third-order valence-corrected chi connectivity index (χ3v) is 4.48. The molecule has 7 heteroatoms. The van der Waals surface area contributed by atoms with Crippen molar-refractivity contribution in [3.8, 4) is 11.5 Å². The number of benzene rings is 2. The molecule has 1 N–H and O–H groups in total. The molecule has 0 radical (unpaired) electrons. The highest BCUT2D eigenvalue weighted by Crippen LogP contribution is 2.29. The SMILES string of the molecule is CCCCCCOc1ccc(/C=C/C(=O)Nc2ccc(C)cc2[N+](=O)[O-])cc1OC. The van der Waals surface area contributed by atoms with E-state index in [1.807, 2.05) is 6.07 Å². The number of hydrogen-bond donors (Lipinski definition) is 1. The Morgan fingerprint density at radius 3 is 2.63 bits per heavy atom. The molecule has 7 nitrogen and oxygen atoms in total. The summed E-state index contributed by atoms with van der Waals surface area (Å²) < 4.78 is 11.2. The Labute approximate surface area is 176 Å². The van der Waals surface area contributed by atoms with Gasteiger partial charge in [0.05, 0.1) is 18.6 Å². The van der Waals surface area contributed by atoms with Crippen molar-refractivity contribution in [3.63, 3.8) is 0 Å². The van der Waals surface area contributed by atoms with Crippen LogP contribution in [0.4, 0.5) is 11.4 Å². The second-order valence-corrected chi connectivity index (χ2v) is 6.92. The predicted molar refractivity (Wildman–Crippen MR) is 118 cm³/mol. The number of ether oxygens (including phenoxy) is 2. The van der Waals surface area contributed by atoms with Gasteiger partial charge in [0, 0.05) is 12.1 Å². The maximum atomic E-state index is 12.2. The molecule has 0 unspecified atom stereocenters. The second kappa shape index (κ2) is 11.6. The molecule has 0 atom stereocenters. The minimum absolute atomic E-state index is 0.140. The number of nitro benzene ring substituents is 1. The number of carbonyl (C=O) groups excluding carboxylic acids is 1. The maximum Gasteiger partial charge on any atom is 0.293 e. The van der Waals surface area contributed by atoms with Gasteiger partial charge in [-0.25, -0.2) is 0 Å². The van der Waals surface area contributed by atoms with E-state index in [2.05, 4.69) is 12.2 Å². The van der Waals surface area contributed by atoms with Crippen LogP contribution in [0, 0.1) is 17.0 Å².